The van der Waals surface area contributed by atoms with Gasteiger partial charge in [-0.1, -0.05) is 30.3 Å². The Bertz CT molecular complexity index is 1230. The third-order valence-corrected chi connectivity index (χ3v) is 5.08. The van der Waals surface area contributed by atoms with Crippen LogP contribution in [0.15, 0.2) is 67.1 Å². The second-order valence-electron chi connectivity index (χ2n) is 7.75. The Balaban J connectivity index is 1.62. The number of rotatable bonds is 7. The van der Waals surface area contributed by atoms with Crippen LogP contribution in [0.2, 0.25) is 0 Å². The number of carbonyl (C=O) groups is 1. The number of hydrogen-bond acceptors (Lipinski definition) is 4. The number of nitrogens with one attached hydrogen (secondary N) is 1. The number of ether oxygens (including phenoxy) is 1. The van der Waals surface area contributed by atoms with Gasteiger partial charge in [-0.2, -0.15) is 19.0 Å². The first-order chi connectivity index (χ1) is 15.2. The van der Waals surface area contributed by atoms with Crippen LogP contribution in [0.4, 0.5) is 8.78 Å². The van der Waals surface area contributed by atoms with Crippen molar-refractivity contribution >= 4 is 16.8 Å². The normalized spacial score (nSPS) is 13.7. The quantitative estimate of drug-likeness (QED) is 0.472. The van der Waals surface area contributed by atoms with Crippen LogP contribution >= 0.6 is 0 Å². The minimum atomic E-state index is -3.48. The van der Waals surface area contributed by atoms with Crippen molar-refractivity contribution in [2.45, 2.75) is 31.9 Å². The molecule has 0 bridgehead atoms. The van der Waals surface area contributed by atoms with Gasteiger partial charge in [0, 0.05) is 19.4 Å². The van der Waals surface area contributed by atoms with Crippen molar-refractivity contribution in [2.24, 2.45) is 7.05 Å². The lowest BCUT2D eigenvalue weighted by atomic mass is 10.0. The van der Waals surface area contributed by atoms with Gasteiger partial charge in [-0.05, 0) is 30.7 Å². The van der Waals surface area contributed by atoms with Crippen LogP contribution in [0, 0.1) is 0 Å². The summed E-state index contributed by atoms with van der Waals surface area (Å²) in [6.07, 6.45) is 4.62. The number of aryl methyl sites for hydroxylation is 1. The predicted molar refractivity (Wildman–Crippen MR) is 116 cm³/mol. The van der Waals surface area contributed by atoms with Gasteiger partial charge in [0.1, 0.15) is 17.5 Å². The zero-order valence-corrected chi connectivity index (χ0v) is 17.9. The van der Waals surface area contributed by atoms with Crippen LogP contribution in [-0.2, 0) is 11.8 Å². The first kappa shape index (κ1) is 21.5. The summed E-state index contributed by atoms with van der Waals surface area (Å²) >= 11 is 0. The Kier molecular flexibility index (Phi) is 5.65. The number of hydrogen-bond donors (Lipinski definition) is 1. The highest BCUT2D eigenvalue weighted by molar-refractivity contribution is 5.83. The van der Waals surface area contributed by atoms with Crippen LogP contribution in [-0.4, -0.2) is 37.4 Å². The molecule has 0 radical (unpaired) electrons. The molecule has 166 valence electrons. The average molecular weight is 439 g/mol. The number of benzene rings is 2. The molecule has 1 amide bonds. The van der Waals surface area contributed by atoms with E-state index in [-0.39, 0.29) is 0 Å². The molecule has 2 aromatic carbocycles. The molecule has 2 heterocycles. The molecule has 32 heavy (non-hydrogen) atoms. The third-order valence-electron chi connectivity index (χ3n) is 5.08. The highest BCUT2D eigenvalue weighted by Gasteiger charge is 2.35. The molecule has 0 saturated heterocycles. The Morgan fingerprint density at radius 3 is 2.53 bits per heavy atom. The lowest BCUT2D eigenvalue weighted by Gasteiger charge is -2.27. The van der Waals surface area contributed by atoms with Gasteiger partial charge in [0.05, 0.1) is 30.1 Å². The lowest BCUT2D eigenvalue weighted by molar-refractivity contribution is -0.144. The summed E-state index contributed by atoms with van der Waals surface area (Å²) in [5.74, 6) is -4.29. The van der Waals surface area contributed by atoms with Crippen LogP contribution in [0.25, 0.3) is 16.6 Å². The lowest BCUT2D eigenvalue weighted by Crippen LogP contribution is -2.46. The molecule has 9 heteroatoms. The summed E-state index contributed by atoms with van der Waals surface area (Å²) in [5, 5.41) is 11.8. The zero-order valence-electron chi connectivity index (χ0n) is 17.9. The van der Waals surface area contributed by atoms with E-state index in [0.29, 0.717) is 12.7 Å². The number of aromatic nitrogens is 4. The van der Waals surface area contributed by atoms with Crippen LogP contribution in [0.1, 0.15) is 25.5 Å². The van der Waals surface area contributed by atoms with Gasteiger partial charge in [0.2, 0.25) is 0 Å². The predicted octanol–water partition coefficient (Wildman–Crippen LogP) is 4.04. The fraction of sp³-hybridized carbons (Fsp3) is 0.261. The average Bonchev–Trinajstić information content (AvgIpc) is 3.37. The molecule has 0 aliphatic heterocycles. The maximum absolute atomic E-state index is 13.4. The van der Waals surface area contributed by atoms with Crippen LogP contribution < -0.4 is 10.1 Å². The molecule has 0 aliphatic carbocycles. The topological polar surface area (TPSA) is 74.0 Å². The van der Waals surface area contributed by atoms with Crippen LogP contribution in [0.5, 0.6) is 5.75 Å². The van der Waals surface area contributed by atoms with Crippen LogP contribution in [0.3, 0.4) is 0 Å². The minimum absolute atomic E-state index is 0.529. The van der Waals surface area contributed by atoms with E-state index in [1.54, 1.807) is 34.7 Å². The first-order valence-electron chi connectivity index (χ1n) is 10.1. The second kappa shape index (κ2) is 8.41. The Labute approximate surface area is 183 Å². The number of fused-ring (bicyclic) bond motifs is 1. The number of halogens is 2. The van der Waals surface area contributed by atoms with Crippen molar-refractivity contribution in [1.82, 2.24) is 24.9 Å². The minimum Gasteiger partial charge on any atom is -0.484 e. The molecule has 0 aliphatic rings. The molecule has 1 N–H and O–H groups in total. The largest absolute Gasteiger partial charge is 0.484 e. The molecule has 4 rings (SSSR count). The van der Waals surface area contributed by atoms with E-state index in [2.05, 4.69) is 15.5 Å². The van der Waals surface area contributed by atoms with E-state index >= 15 is 0 Å². The molecule has 2 aromatic heterocycles. The number of nitrogens with zero attached hydrogens (tertiary/aromatic N) is 4. The van der Waals surface area contributed by atoms with Gasteiger partial charge in [-0.15, -0.1) is 0 Å². The fourth-order valence-electron chi connectivity index (χ4n) is 3.47. The van der Waals surface area contributed by atoms with Crippen molar-refractivity contribution < 1.29 is 18.3 Å². The molecule has 0 unspecified atom stereocenters. The standard InChI is InChI=1S/C23H23F2N5O2/c1-15(28-22(31)23(2,24)25)21(16-7-5-4-6-8-16)32-19-9-10-20-17(11-19)12-27-30(20)18-13-26-29(3)14-18/h4-15,21H,1-3H3,(H,28,31)/t15-,21-/m0/s1. The Morgan fingerprint density at radius 1 is 1.12 bits per heavy atom. The highest BCUT2D eigenvalue weighted by atomic mass is 19.3. The van der Waals surface area contributed by atoms with E-state index in [1.807, 2.05) is 55.7 Å². The molecule has 0 fully saturated rings. The molecule has 7 nitrogen and oxygen atoms in total. The van der Waals surface area contributed by atoms with E-state index in [9.17, 15) is 13.6 Å². The van der Waals surface area contributed by atoms with Gasteiger partial charge >= 0.3 is 5.92 Å². The summed E-state index contributed by atoms with van der Waals surface area (Å²) in [5.41, 5.74) is 2.45. The highest BCUT2D eigenvalue weighted by Crippen LogP contribution is 2.29. The van der Waals surface area contributed by atoms with Gasteiger partial charge in [-0.25, -0.2) is 4.68 Å². The Hall–Kier alpha value is -3.75. The van der Waals surface area contributed by atoms with Crippen molar-refractivity contribution in [3.63, 3.8) is 0 Å². The number of amides is 1. The van der Waals surface area contributed by atoms with Crippen molar-refractivity contribution in [2.75, 3.05) is 0 Å². The SMILES string of the molecule is C[C@H](NC(=O)C(C)(F)F)[C@H](Oc1ccc2c(cnn2-c2cnn(C)c2)c1)c1ccccc1. The number of alkyl halides is 2. The Morgan fingerprint density at radius 2 is 1.88 bits per heavy atom. The van der Waals surface area contributed by atoms with Gasteiger partial charge < -0.3 is 10.1 Å². The summed E-state index contributed by atoms with van der Waals surface area (Å²) < 4.78 is 36.5. The molecular formula is C23H23F2N5O2. The van der Waals surface area contributed by atoms with E-state index in [1.165, 1.54) is 0 Å². The summed E-state index contributed by atoms with van der Waals surface area (Å²) in [4.78, 5) is 11.8. The smallest absolute Gasteiger partial charge is 0.321 e. The maximum Gasteiger partial charge on any atom is 0.321 e. The van der Waals surface area contributed by atoms with Gasteiger partial charge in [0.25, 0.3) is 5.91 Å². The van der Waals surface area contributed by atoms with E-state index in [4.69, 9.17) is 4.74 Å². The van der Waals surface area contributed by atoms with E-state index in [0.717, 1.165) is 22.2 Å². The van der Waals surface area contributed by atoms with Crippen molar-refractivity contribution in [3.05, 3.63) is 72.7 Å². The van der Waals surface area contributed by atoms with Gasteiger partial charge in [0.15, 0.2) is 0 Å². The maximum atomic E-state index is 13.4. The zero-order chi connectivity index (χ0) is 22.9. The second-order valence-corrected chi connectivity index (χ2v) is 7.75. The summed E-state index contributed by atoms with van der Waals surface area (Å²) in [7, 11) is 1.83. The van der Waals surface area contributed by atoms with Crippen molar-refractivity contribution in [1.29, 1.82) is 0 Å². The van der Waals surface area contributed by atoms with Gasteiger partial charge in [-0.3, -0.25) is 9.48 Å². The summed E-state index contributed by atoms with van der Waals surface area (Å²) in [6.45, 7) is 2.21. The number of carbonyl (C=O) groups excluding carboxylic acids is 1. The first-order valence-corrected chi connectivity index (χ1v) is 10.1. The molecule has 0 spiro atoms. The van der Waals surface area contributed by atoms with Crippen molar-refractivity contribution in [3.8, 4) is 11.4 Å². The van der Waals surface area contributed by atoms with E-state index < -0.39 is 24.0 Å². The molecular weight excluding hydrogens is 416 g/mol. The molecule has 2 atom stereocenters. The third kappa shape index (κ3) is 4.46. The summed E-state index contributed by atoms with van der Waals surface area (Å²) in [6, 6.07) is 13.9. The molecule has 4 aromatic rings. The molecule has 0 saturated carbocycles. The fourth-order valence-corrected chi connectivity index (χ4v) is 3.47. The monoisotopic (exact) mass is 439 g/mol.